The summed E-state index contributed by atoms with van der Waals surface area (Å²) in [7, 11) is 0. The number of hydrogen-bond acceptors (Lipinski definition) is 2. The van der Waals surface area contributed by atoms with Crippen LogP contribution in [0.25, 0.3) is 77.6 Å². The highest BCUT2D eigenvalue weighted by atomic mass is 16.3. The number of hydrogen-bond donors (Lipinski definition) is 0. The Morgan fingerprint density at radius 2 is 0.714 bits per heavy atom. The zero-order valence-corrected chi connectivity index (χ0v) is 30.7. The van der Waals surface area contributed by atoms with Crippen molar-refractivity contribution >= 4 is 38.8 Å². The Labute approximate surface area is 327 Å². The van der Waals surface area contributed by atoms with E-state index in [1.54, 1.807) is 0 Å². The van der Waals surface area contributed by atoms with E-state index in [9.17, 15) is 0 Å². The Balaban J connectivity index is 1.03. The van der Waals surface area contributed by atoms with E-state index in [2.05, 4.69) is 217 Å². The molecule has 0 fully saturated rings. The van der Waals surface area contributed by atoms with Crippen LogP contribution >= 0.6 is 0 Å². The molecular formula is C54H37NO. The largest absolute Gasteiger partial charge is 0.456 e. The lowest BCUT2D eigenvalue weighted by Gasteiger charge is -2.26. The molecule has 2 nitrogen and oxygen atoms in total. The highest BCUT2D eigenvalue weighted by Crippen LogP contribution is 2.41. The van der Waals surface area contributed by atoms with Gasteiger partial charge in [-0.2, -0.15) is 0 Å². The van der Waals surface area contributed by atoms with Crippen molar-refractivity contribution in [3.05, 3.63) is 224 Å². The second-order valence-electron chi connectivity index (χ2n) is 14.2. The minimum absolute atomic E-state index is 0.862. The summed E-state index contributed by atoms with van der Waals surface area (Å²) < 4.78 is 6.44. The fourth-order valence-corrected chi connectivity index (χ4v) is 7.77. The standard InChI is InChI=1S/C54H37NO/c1-3-11-38(12-4-1)40-21-28-48(29-22-40)55(49-30-23-41(24-31-49)45-20-19-39-13-7-8-16-44(39)35-45)50-32-25-42(26-33-50)46-27-34-51(43-14-5-2-6-15-43)52(36-46)54-37-47-17-9-10-18-53(47)56-54/h1-37H. The van der Waals surface area contributed by atoms with Gasteiger partial charge in [0.15, 0.2) is 0 Å². The van der Waals surface area contributed by atoms with Crippen molar-refractivity contribution in [1.29, 1.82) is 0 Å². The number of fused-ring (bicyclic) bond motifs is 2. The second kappa shape index (κ2) is 14.4. The minimum atomic E-state index is 0.862. The van der Waals surface area contributed by atoms with E-state index in [4.69, 9.17) is 4.42 Å². The van der Waals surface area contributed by atoms with Gasteiger partial charge in [0.1, 0.15) is 11.3 Å². The van der Waals surface area contributed by atoms with Crippen molar-refractivity contribution in [2.45, 2.75) is 0 Å². The molecule has 0 amide bonds. The fourth-order valence-electron chi connectivity index (χ4n) is 7.77. The maximum atomic E-state index is 6.44. The van der Waals surface area contributed by atoms with Gasteiger partial charge < -0.3 is 9.32 Å². The molecule has 0 radical (unpaired) electrons. The Bertz CT molecular complexity index is 2890. The van der Waals surface area contributed by atoms with Crippen molar-refractivity contribution in [2.75, 3.05) is 4.90 Å². The van der Waals surface area contributed by atoms with Gasteiger partial charge in [0.2, 0.25) is 0 Å². The summed E-state index contributed by atoms with van der Waals surface area (Å²) in [5.41, 5.74) is 14.6. The lowest BCUT2D eigenvalue weighted by molar-refractivity contribution is 0.632. The van der Waals surface area contributed by atoms with E-state index in [0.717, 1.165) is 61.6 Å². The van der Waals surface area contributed by atoms with Gasteiger partial charge in [-0.25, -0.2) is 0 Å². The van der Waals surface area contributed by atoms with Crippen LogP contribution in [0.4, 0.5) is 17.1 Å². The van der Waals surface area contributed by atoms with Crippen LogP contribution in [-0.4, -0.2) is 0 Å². The van der Waals surface area contributed by atoms with Gasteiger partial charge in [-0.15, -0.1) is 0 Å². The molecule has 10 rings (SSSR count). The van der Waals surface area contributed by atoms with Crippen molar-refractivity contribution < 1.29 is 4.42 Å². The lowest BCUT2D eigenvalue weighted by atomic mass is 9.93. The predicted molar refractivity (Wildman–Crippen MR) is 236 cm³/mol. The van der Waals surface area contributed by atoms with Crippen molar-refractivity contribution in [3.63, 3.8) is 0 Å². The monoisotopic (exact) mass is 715 g/mol. The maximum Gasteiger partial charge on any atom is 0.136 e. The molecule has 0 bridgehead atoms. The number of anilines is 3. The summed E-state index contributed by atoms with van der Waals surface area (Å²) in [5, 5.41) is 3.59. The van der Waals surface area contributed by atoms with Crippen LogP contribution in [0.3, 0.4) is 0 Å². The van der Waals surface area contributed by atoms with E-state index < -0.39 is 0 Å². The smallest absolute Gasteiger partial charge is 0.136 e. The Kier molecular flexibility index (Phi) is 8.55. The van der Waals surface area contributed by atoms with Crippen LogP contribution in [0.1, 0.15) is 0 Å². The topological polar surface area (TPSA) is 16.4 Å². The van der Waals surface area contributed by atoms with Gasteiger partial charge in [-0.3, -0.25) is 0 Å². The number of rotatable bonds is 8. The molecule has 0 saturated heterocycles. The van der Waals surface area contributed by atoms with Crippen molar-refractivity contribution in [1.82, 2.24) is 0 Å². The zero-order chi connectivity index (χ0) is 37.3. The normalized spacial score (nSPS) is 11.2. The van der Waals surface area contributed by atoms with Crippen LogP contribution in [0, 0.1) is 0 Å². The van der Waals surface area contributed by atoms with Gasteiger partial charge in [0.05, 0.1) is 0 Å². The second-order valence-corrected chi connectivity index (χ2v) is 14.2. The molecule has 0 unspecified atom stereocenters. The number of benzene rings is 9. The van der Waals surface area contributed by atoms with Gasteiger partial charge in [0, 0.05) is 28.0 Å². The molecule has 0 spiro atoms. The average molecular weight is 716 g/mol. The third-order valence-corrected chi connectivity index (χ3v) is 10.7. The van der Waals surface area contributed by atoms with Gasteiger partial charge in [0.25, 0.3) is 0 Å². The molecule has 1 aromatic heterocycles. The van der Waals surface area contributed by atoms with Crippen molar-refractivity contribution in [2.24, 2.45) is 0 Å². The first-order chi connectivity index (χ1) is 27.7. The highest BCUT2D eigenvalue weighted by Gasteiger charge is 2.17. The Morgan fingerprint density at radius 1 is 0.268 bits per heavy atom. The van der Waals surface area contributed by atoms with Crippen LogP contribution in [0.5, 0.6) is 0 Å². The number of nitrogens with zero attached hydrogens (tertiary/aromatic N) is 1. The molecule has 56 heavy (non-hydrogen) atoms. The summed E-state index contributed by atoms with van der Waals surface area (Å²) in [6, 6.07) is 80.0. The molecule has 264 valence electrons. The molecule has 9 aromatic carbocycles. The van der Waals surface area contributed by atoms with E-state index in [1.165, 1.54) is 33.0 Å². The third kappa shape index (κ3) is 6.44. The van der Waals surface area contributed by atoms with Crippen LogP contribution < -0.4 is 4.90 Å². The molecule has 0 saturated carbocycles. The Hall–Kier alpha value is -7.42. The molecule has 10 aromatic rings. The quantitative estimate of drug-likeness (QED) is 0.156. The average Bonchev–Trinajstić information content (AvgIpc) is 3.72. The summed E-state index contributed by atoms with van der Waals surface area (Å²) >= 11 is 0. The van der Waals surface area contributed by atoms with Crippen molar-refractivity contribution in [3.8, 4) is 55.8 Å². The molecule has 1 heterocycles. The summed E-state index contributed by atoms with van der Waals surface area (Å²) in [6.07, 6.45) is 0. The number of para-hydroxylation sites is 1. The maximum absolute atomic E-state index is 6.44. The first kappa shape index (κ1) is 33.2. The first-order valence-electron chi connectivity index (χ1n) is 19.1. The SMILES string of the molecule is c1ccc(-c2ccc(N(c3ccc(-c4ccc(-c5ccccc5)c(-c5cc6ccccc6o5)c4)cc3)c3ccc(-c4ccc5ccccc5c4)cc3)cc2)cc1. The van der Waals surface area contributed by atoms with Crippen LogP contribution in [-0.2, 0) is 0 Å². The summed E-state index contributed by atoms with van der Waals surface area (Å²) in [6.45, 7) is 0. The number of furan rings is 1. The van der Waals surface area contributed by atoms with Gasteiger partial charge in [-0.1, -0.05) is 164 Å². The lowest BCUT2D eigenvalue weighted by Crippen LogP contribution is -2.09. The third-order valence-electron chi connectivity index (χ3n) is 10.7. The molecule has 2 heteroatoms. The van der Waals surface area contributed by atoms with E-state index in [1.807, 2.05) is 12.1 Å². The molecule has 0 atom stereocenters. The zero-order valence-electron chi connectivity index (χ0n) is 30.7. The van der Waals surface area contributed by atoms with Crippen LogP contribution in [0.15, 0.2) is 229 Å². The van der Waals surface area contributed by atoms with Crippen LogP contribution in [0.2, 0.25) is 0 Å². The first-order valence-corrected chi connectivity index (χ1v) is 19.1. The molecule has 0 N–H and O–H groups in total. The molecule has 0 aliphatic carbocycles. The summed E-state index contributed by atoms with van der Waals surface area (Å²) in [5.74, 6) is 0.862. The molecule has 0 aliphatic rings. The minimum Gasteiger partial charge on any atom is -0.456 e. The molecular weight excluding hydrogens is 679 g/mol. The van der Waals surface area contributed by atoms with E-state index >= 15 is 0 Å². The summed E-state index contributed by atoms with van der Waals surface area (Å²) in [4.78, 5) is 2.33. The predicted octanol–water partition coefficient (Wildman–Crippen LogP) is 15.4. The van der Waals surface area contributed by atoms with E-state index in [0.29, 0.717) is 0 Å². The highest BCUT2D eigenvalue weighted by molar-refractivity contribution is 5.91. The molecule has 0 aliphatic heterocycles. The van der Waals surface area contributed by atoms with E-state index in [-0.39, 0.29) is 0 Å². The fraction of sp³-hybridized carbons (Fsp3) is 0. The van der Waals surface area contributed by atoms with Gasteiger partial charge >= 0.3 is 0 Å². The Morgan fingerprint density at radius 3 is 1.32 bits per heavy atom. The van der Waals surface area contributed by atoms with Gasteiger partial charge in [-0.05, 0) is 116 Å².